The third kappa shape index (κ3) is 3.98. The number of hydrogen-bond acceptors (Lipinski definition) is 4. The van der Waals surface area contributed by atoms with Crippen molar-refractivity contribution in [1.82, 2.24) is 5.32 Å². The molecule has 102 valence electrons. The van der Waals surface area contributed by atoms with Crippen molar-refractivity contribution in [2.24, 2.45) is 0 Å². The summed E-state index contributed by atoms with van der Waals surface area (Å²) in [4.78, 5) is 1.37. The van der Waals surface area contributed by atoms with Crippen LogP contribution in [0.2, 0.25) is 0 Å². The third-order valence-corrected chi connectivity index (χ3v) is 3.91. The zero-order valence-corrected chi connectivity index (χ0v) is 12.0. The highest BCUT2D eigenvalue weighted by Gasteiger charge is 2.07. The average molecular weight is 277 g/mol. The second-order valence-corrected chi connectivity index (χ2v) is 5.59. The van der Waals surface area contributed by atoms with E-state index in [1.807, 2.05) is 6.07 Å². The molecule has 4 heteroatoms. The number of rotatable bonds is 6. The molecule has 2 N–H and O–H groups in total. The largest absolute Gasteiger partial charge is 0.508 e. The fraction of sp³-hybridized carbons (Fsp3) is 0.333. The van der Waals surface area contributed by atoms with Crippen LogP contribution < -0.4 is 10.1 Å². The minimum absolute atomic E-state index is 0.302. The summed E-state index contributed by atoms with van der Waals surface area (Å²) in [5.74, 6) is 1.07. The Morgan fingerprint density at radius 2 is 2.21 bits per heavy atom. The highest BCUT2D eigenvalue weighted by molar-refractivity contribution is 7.09. The number of benzene rings is 1. The van der Waals surface area contributed by atoms with E-state index < -0.39 is 0 Å². The highest BCUT2D eigenvalue weighted by Crippen LogP contribution is 2.22. The van der Waals surface area contributed by atoms with Gasteiger partial charge in [0.15, 0.2) is 0 Å². The molecular weight excluding hydrogens is 258 g/mol. The normalized spacial score (nSPS) is 12.3. The Morgan fingerprint density at radius 1 is 1.37 bits per heavy atom. The van der Waals surface area contributed by atoms with Crippen LogP contribution in [-0.2, 0) is 13.0 Å². The summed E-state index contributed by atoms with van der Waals surface area (Å²) >= 11 is 1.77. The first-order chi connectivity index (χ1) is 9.19. The van der Waals surface area contributed by atoms with E-state index in [0.29, 0.717) is 18.3 Å². The molecule has 0 bridgehead atoms. The number of hydrogen-bond donors (Lipinski definition) is 2. The molecule has 0 saturated heterocycles. The van der Waals surface area contributed by atoms with Gasteiger partial charge in [-0.3, -0.25) is 0 Å². The minimum atomic E-state index is 0.302. The predicted octanol–water partition coefficient (Wildman–Crippen LogP) is 3.18. The van der Waals surface area contributed by atoms with E-state index in [1.54, 1.807) is 30.6 Å². The van der Waals surface area contributed by atoms with E-state index in [-0.39, 0.29) is 0 Å². The molecule has 0 saturated carbocycles. The minimum Gasteiger partial charge on any atom is -0.508 e. The van der Waals surface area contributed by atoms with Crippen LogP contribution in [-0.4, -0.2) is 18.3 Å². The van der Waals surface area contributed by atoms with Gasteiger partial charge in [-0.25, -0.2) is 0 Å². The standard InChI is InChI=1S/C15H19NO2S/c1-11(8-14-4-3-7-19-14)16-10-12-9-13(18-2)5-6-15(12)17/h3-7,9,11,16-17H,8,10H2,1-2H3. The van der Waals surface area contributed by atoms with Crippen molar-refractivity contribution in [1.29, 1.82) is 0 Å². The summed E-state index contributed by atoms with van der Waals surface area (Å²) in [6.07, 6.45) is 1.00. The zero-order valence-electron chi connectivity index (χ0n) is 11.2. The molecule has 3 nitrogen and oxygen atoms in total. The van der Waals surface area contributed by atoms with E-state index in [2.05, 4.69) is 29.8 Å². The molecular formula is C15H19NO2S. The molecule has 1 aromatic carbocycles. The van der Waals surface area contributed by atoms with Gasteiger partial charge in [-0.2, -0.15) is 0 Å². The van der Waals surface area contributed by atoms with Gasteiger partial charge < -0.3 is 15.2 Å². The van der Waals surface area contributed by atoms with Gasteiger partial charge >= 0.3 is 0 Å². The van der Waals surface area contributed by atoms with Crippen LogP contribution in [0, 0.1) is 0 Å². The van der Waals surface area contributed by atoms with Gasteiger partial charge in [0.2, 0.25) is 0 Å². The van der Waals surface area contributed by atoms with Gasteiger partial charge in [0.05, 0.1) is 7.11 Å². The van der Waals surface area contributed by atoms with E-state index >= 15 is 0 Å². The fourth-order valence-corrected chi connectivity index (χ4v) is 2.75. The lowest BCUT2D eigenvalue weighted by molar-refractivity contribution is 0.409. The lowest BCUT2D eigenvalue weighted by atomic mass is 10.1. The van der Waals surface area contributed by atoms with E-state index in [0.717, 1.165) is 17.7 Å². The number of methoxy groups -OCH3 is 1. The maximum atomic E-state index is 9.81. The molecule has 0 aliphatic rings. The molecule has 0 spiro atoms. The fourth-order valence-electron chi connectivity index (χ4n) is 1.92. The summed E-state index contributed by atoms with van der Waals surface area (Å²) in [5.41, 5.74) is 0.859. The zero-order chi connectivity index (χ0) is 13.7. The lowest BCUT2D eigenvalue weighted by Gasteiger charge is -2.14. The molecule has 19 heavy (non-hydrogen) atoms. The third-order valence-electron chi connectivity index (χ3n) is 3.02. The summed E-state index contributed by atoms with van der Waals surface area (Å²) in [6.45, 7) is 2.78. The number of phenolic OH excluding ortho intramolecular Hbond substituents is 1. The van der Waals surface area contributed by atoms with Crippen LogP contribution in [0.4, 0.5) is 0 Å². The highest BCUT2D eigenvalue weighted by atomic mass is 32.1. The van der Waals surface area contributed by atoms with Crippen LogP contribution in [0.15, 0.2) is 35.7 Å². The smallest absolute Gasteiger partial charge is 0.120 e. The van der Waals surface area contributed by atoms with E-state index in [9.17, 15) is 5.11 Å². The topological polar surface area (TPSA) is 41.5 Å². The molecule has 0 radical (unpaired) electrons. The molecule has 0 amide bonds. The summed E-state index contributed by atoms with van der Waals surface area (Å²) < 4.78 is 5.16. The molecule has 2 aromatic rings. The second-order valence-electron chi connectivity index (χ2n) is 4.56. The van der Waals surface area contributed by atoms with Crippen molar-refractivity contribution in [3.8, 4) is 11.5 Å². The van der Waals surface area contributed by atoms with Crippen molar-refractivity contribution in [3.63, 3.8) is 0 Å². The van der Waals surface area contributed by atoms with Gasteiger partial charge in [0, 0.05) is 23.0 Å². The van der Waals surface area contributed by atoms with Crippen molar-refractivity contribution in [2.75, 3.05) is 7.11 Å². The second kappa shape index (κ2) is 6.59. The Kier molecular flexibility index (Phi) is 4.82. The van der Waals surface area contributed by atoms with E-state index in [1.165, 1.54) is 4.88 Å². The van der Waals surface area contributed by atoms with Gasteiger partial charge in [-0.05, 0) is 43.0 Å². The Hall–Kier alpha value is -1.52. The van der Waals surface area contributed by atoms with Crippen LogP contribution in [0.5, 0.6) is 11.5 Å². The lowest BCUT2D eigenvalue weighted by Crippen LogP contribution is -2.27. The molecule has 0 aliphatic carbocycles. The monoisotopic (exact) mass is 277 g/mol. The molecule has 0 fully saturated rings. The first-order valence-corrected chi connectivity index (χ1v) is 7.18. The van der Waals surface area contributed by atoms with Crippen molar-refractivity contribution < 1.29 is 9.84 Å². The van der Waals surface area contributed by atoms with Crippen molar-refractivity contribution in [3.05, 3.63) is 46.2 Å². The van der Waals surface area contributed by atoms with Gasteiger partial charge in [-0.1, -0.05) is 6.07 Å². The van der Waals surface area contributed by atoms with Crippen LogP contribution in [0.25, 0.3) is 0 Å². The first kappa shape index (κ1) is 13.9. The van der Waals surface area contributed by atoms with Crippen LogP contribution in [0.3, 0.4) is 0 Å². The summed E-state index contributed by atoms with van der Waals surface area (Å²) in [5, 5.41) is 15.3. The van der Waals surface area contributed by atoms with Crippen LogP contribution >= 0.6 is 11.3 Å². The predicted molar refractivity (Wildman–Crippen MR) is 79.0 cm³/mol. The average Bonchev–Trinajstić information content (AvgIpc) is 2.90. The molecule has 1 aromatic heterocycles. The van der Waals surface area contributed by atoms with Gasteiger partial charge in [-0.15, -0.1) is 11.3 Å². The molecule has 2 rings (SSSR count). The van der Waals surface area contributed by atoms with Gasteiger partial charge in [0.1, 0.15) is 11.5 Å². The summed E-state index contributed by atoms with van der Waals surface area (Å²) in [7, 11) is 1.63. The number of ether oxygens (including phenoxy) is 1. The number of phenols is 1. The Morgan fingerprint density at radius 3 is 2.89 bits per heavy atom. The summed E-state index contributed by atoms with van der Waals surface area (Å²) in [6, 6.07) is 9.87. The number of nitrogens with one attached hydrogen (secondary N) is 1. The van der Waals surface area contributed by atoms with Crippen molar-refractivity contribution >= 4 is 11.3 Å². The Bertz CT molecular complexity index is 511. The van der Waals surface area contributed by atoms with Crippen molar-refractivity contribution in [2.45, 2.75) is 25.9 Å². The number of thiophene rings is 1. The molecule has 1 unspecified atom stereocenters. The number of aromatic hydroxyl groups is 1. The SMILES string of the molecule is COc1ccc(O)c(CNC(C)Cc2cccs2)c1. The molecule has 1 heterocycles. The van der Waals surface area contributed by atoms with Crippen LogP contribution in [0.1, 0.15) is 17.4 Å². The molecule has 0 aliphatic heterocycles. The van der Waals surface area contributed by atoms with Gasteiger partial charge in [0.25, 0.3) is 0 Å². The maximum Gasteiger partial charge on any atom is 0.120 e. The first-order valence-electron chi connectivity index (χ1n) is 6.30. The molecule has 1 atom stereocenters. The Balaban J connectivity index is 1.91. The van der Waals surface area contributed by atoms with E-state index in [4.69, 9.17) is 4.74 Å². The quantitative estimate of drug-likeness (QED) is 0.852. The Labute approximate surface area is 117 Å². The maximum absolute atomic E-state index is 9.81.